The molecule has 3 aliphatic heterocycles. The predicted molar refractivity (Wildman–Crippen MR) is 191 cm³/mol. The van der Waals surface area contributed by atoms with E-state index in [0.29, 0.717) is 62.9 Å². The second-order valence-corrected chi connectivity index (χ2v) is 16.7. The summed E-state index contributed by atoms with van der Waals surface area (Å²) in [5.74, 6) is 1.25. The minimum atomic E-state index is -2.04. The molecule has 2 bridgehead atoms. The first-order valence-corrected chi connectivity index (χ1v) is 20.0. The van der Waals surface area contributed by atoms with E-state index >= 15 is 0 Å². The van der Waals surface area contributed by atoms with Crippen molar-refractivity contribution in [3.05, 3.63) is 70.0 Å². The van der Waals surface area contributed by atoms with Crippen molar-refractivity contribution in [1.29, 1.82) is 0 Å². The van der Waals surface area contributed by atoms with Crippen molar-refractivity contribution in [3.8, 4) is 0 Å². The number of morpholine rings is 1. The summed E-state index contributed by atoms with van der Waals surface area (Å²) in [4.78, 5) is 31.4. The van der Waals surface area contributed by atoms with Crippen molar-refractivity contribution in [3.63, 3.8) is 0 Å². The third kappa shape index (κ3) is 8.04. The van der Waals surface area contributed by atoms with Gasteiger partial charge in [-0.2, -0.15) is 4.36 Å². The number of benzene rings is 1. The molecule has 2 saturated heterocycles. The van der Waals surface area contributed by atoms with Gasteiger partial charge < -0.3 is 14.2 Å². The number of carbonyl (C=O) groups excluding carboxylic acids is 2. The van der Waals surface area contributed by atoms with Crippen LogP contribution in [0.2, 0.25) is 5.02 Å². The Balaban J connectivity index is 1.18. The summed E-state index contributed by atoms with van der Waals surface area (Å²) in [5.41, 5.74) is 2.96. The van der Waals surface area contributed by atoms with E-state index in [1.54, 1.807) is 0 Å². The molecule has 9 nitrogen and oxygen atoms in total. The summed E-state index contributed by atoms with van der Waals surface area (Å²) in [6.45, 7) is 7.94. The Labute approximate surface area is 297 Å². The number of hydrogen-bond donors (Lipinski definition) is 1. The number of halogens is 1. The van der Waals surface area contributed by atoms with Crippen molar-refractivity contribution in [1.82, 2.24) is 9.80 Å². The number of rotatable bonds is 4. The number of ether oxygens (including phenoxy) is 3. The van der Waals surface area contributed by atoms with Crippen LogP contribution in [0.1, 0.15) is 63.0 Å². The second kappa shape index (κ2) is 15.4. The van der Waals surface area contributed by atoms with Crippen molar-refractivity contribution < 1.29 is 28.0 Å². The molecule has 1 spiro atoms. The first-order chi connectivity index (χ1) is 23.8. The van der Waals surface area contributed by atoms with Crippen LogP contribution in [0.5, 0.6) is 0 Å². The molecule has 11 heteroatoms. The number of carbonyl (C=O) groups is 2. The minimum Gasteiger partial charge on any atom is -0.495 e. The number of thiol groups is 1. The van der Waals surface area contributed by atoms with Gasteiger partial charge in [0, 0.05) is 77.4 Å². The molecule has 0 N–H and O–H groups in total. The van der Waals surface area contributed by atoms with E-state index in [9.17, 15) is 13.8 Å². The summed E-state index contributed by atoms with van der Waals surface area (Å²) in [6.07, 6.45) is 14.2. The number of fused-ring (bicyclic) bond motifs is 4. The highest BCUT2D eigenvalue weighted by Crippen LogP contribution is 2.46. The van der Waals surface area contributed by atoms with Crippen LogP contribution in [0.3, 0.4) is 0 Å². The number of hydrogen-bond acceptors (Lipinski definition) is 8. The van der Waals surface area contributed by atoms with E-state index in [4.69, 9.17) is 25.8 Å². The third-order valence-electron chi connectivity index (χ3n) is 11.6. The molecule has 266 valence electrons. The number of amides is 1. The Morgan fingerprint density at radius 1 is 1.20 bits per heavy atom. The van der Waals surface area contributed by atoms with Gasteiger partial charge in [0.05, 0.1) is 32.3 Å². The molecule has 1 aromatic rings. The average molecular weight is 712 g/mol. The Morgan fingerprint density at radius 3 is 2.88 bits per heavy atom. The summed E-state index contributed by atoms with van der Waals surface area (Å²) in [5, 5.41) is 0.756. The first kappa shape index (κ1) is 34.9. The molecule has 3 aliphatic carbocycles. The zero-order chi connectivity index (χ0) is 34.0. The zero-order valence-electron chi connectivity index (χ0n) is 28.6. The van der Waals surface area contributed by atoms with Crippen LogP contribution in [0.15, 0.2) is 58.2 Å². The van der Waals surface area contributed by atoms with Gasteiger partial charge in [0.2, 0.25) is 0 Å². The molecule has 3 fully saturated rings. The fourth-order valence-corrected chi connectivity index (χ4v) is 9.98. The summed E-state index contributed by atoms with van der Waals surface area (Å²) >= 11 is 6.46. The van der Waals surface area contributed by atoms with Crippen molar-refractivity contribution >= 4 is 34.1 Å². The molecular weight excluding hydrogens is 662 g/mol. The third-order valence-corrected chi connectivity index (χ3v) is 13.1. The Kier molecular flexibility index (Phi) is 11.0. The van der Waals surface area contributed by atoms with Crippen LogP contribution in [-0.4, -0.2) is 96.3 Å². The number of allylic oxidation sites excluding steroid dienone is 3. The van der Waals surface area contributed by atoms with Crippen LogP contribution in [0.25, 0.3) is 0 Å². The molecule has 49 heavy (non-hydrogen) atoms. The van der Waals surface area contributed by atoms with Crippen LogP contribution in [-0.2, 0) is 46.2 Å². The number of nitrogens with zero attached hydrogens (tertiary/aromatic N) is 3. The SMILES string of the molecule is C[C@H]1C/C=C/[C@H](OC(=O)CCN2CCOCC2)[C@@H]2CC[C@H]2CN2C[C@@]3(CCCc4cc(Cl)ccc43)COC3=CC=C(CC32)C(=O)/N=[SH](=O)\C1. The van der Waals surface area contributed by atoms with Gasteiger partial charge in [-0.1, -0.05) is 30.7 Å². The van der Waals surface area contributed by atoms with E-state index < -0.39 is 10.6 Å². The fourth-order valence-electron chi connectivity index (χ4n) is 8.70. The smallest absolute Gasteiger partial charge is 0.307 e. The Bertz CT molecular complexity index is 1600. The van der Waals surface area contributed by atoms with Crippen molar-refractivity contribution in [2.24, 2.45) is 22.1 Å². The monoisotopic (exact) mass is 711 g/mol. The molecule has 3 heterocycles. The summed E-state index contributed by atoms with van der Waals surface area (Å²) in [6, 6.07) is 6.16. The molecule has 7 rings (SSSR count). The van der Waals surface area contributed by atoms with Gasteiger partial charge in [-0.25, -0.2) is 0 Å². The molecule has 0 radical (unpaired) electrons. The number of esters is 1. The van der Waals surface area contributed by atoms with Crippen LogP contribution in [0, 0.1) is 17.8 Å². The predicted octanol–water partition coefficient (Wildman–Crippen LogP) is 5.28. The van der Waals surface area contributed by atoms with E-state index in [1.807, 2.05) is 25.1 Å². The van der Waals surface area contributed by atoms with Crippen LogP contribution in [0.4, 0.5) is 0 Å². The minimum absolute atomic E-state index is 0.0706. The first-order valence-electron chi connectivity index (χ1n) is 18.2. The quantitative estimate of drug-likeness (QED) is 0.256. The van der Waals surface area contributed by atoms with Crippen LogP contribution >= 0.6 is 11.6 Å². The van der Waals surface area contributed by atoms with E-state index in [2.05, 4.69) is 38.4 Å². The van der Waals surface area contributed by atoms with Crippen LogP contribution < -0.4 is 0 Å². The molecule has 6 aliphatic rings. The second-order valence-electron chi connectivity index (χ2n) is 15.0. The normalized spacial score (nSPS) is 35.2. The Hall–Kier alpha value is -2.50. The highest BCUT2D eigenvalue weighted by atomic mass is 35.5. The largest absolute Gasteiger partial charge is 0.495 e. The van der Waals surface area contributed by atoms with Crippen molar-refractivity contribution in [2.75, 3.05) is 58.3 Å². The lowest BCUT2D eigenvalue weighted by molar-refractivity contribution is -0.153. The maximum Gasteiger partial charge on any atom is 0.307 e. The average Bonchev–Trinajstić information content (AvgIpc) is 3.22. The van der Waals surface area contributed by atoms with Gasteiger partial charge in [0.1, 0.15) is 11.9 Å². The van der Waals surface area contributed by atoms with E-state index in [1.165, 1.54) is 11.1 Å². The molecule has 1 amide bonds. The van der Waals surface area contributed by atoms with Crippen molar-refractivity contribution in [2.45, 2.75) is 75.9 Å². The molecule has 7 atom stereocenters. The van der Waals surface area contributed by atoms with Gasteiger partial charge in [-0.3, -0.25) is 23.6 Å². The molecule has 0 aromatic heterocycles. The standard InChI is InChI=1S/C38H50ClN3O6S/c1-26-4-2-6-34(48-36(43)13-15-41-16-18-46-19-17-41)31-10-7-29(31)22-42-24-38(14-3-5-27-20-30(39)9-11-32(27)38)25-47-35-12-8-28(21-33(35)42)37(44)40-49(45)23-26/h2,6,8-9,11-12,20,26,29,31,33-34,49H,3-5,7,10,13-19,21-25H2,1H3/b6-2+/t26-,29-,31+,33?,34-,38-/m0/s1. The number of aryl methyl sites for hydroxylation is 1. The van der Waals surface area contributed by atoms with Gasteiger partial charge in [-0.15, -0.1) is 0 Å². The van der Waals surface area contributed by atoms with Gasteiger partial charge in [-0.05, 0) is 91.8 Å². The Morgan fingerprint density at radius 2 is 2.06 bits per heavy atom. The zero-order valence-corrected chi connectivity index (χ0v) is 30.2. The maximum absolute atomic E-state index is 13.4. The lowest BCUT2D eigenvalue weighted by Gasteiger charge is -2.46. The maximum atomic E-state index is 13.4. The molecule has 1 saturated carbocycles. The van der Waals surface area contributed by atoms with Gasteiger partial charge >= 0.3 is 5.97 Å². The highest BCUT2D eigenvalue weighted by molar-refractivity contribution is 7.75. The lowest BCUT2D eigenvalue weighted by atomic mass is 9.68. The molecule has 2 unspecified atom stereocenters. The van der Waals surface area contributed by atoms with E-state index in [0.717, 1.165) is 69.1 Å². The molecular formula is C38H50ClN3O6S. The summed E-state index contributed by atoms with van der Waals surface area (Å²) in [7, 11) is -2.04. The molecule has 1 aromatic carbocycles. The van der Waals surface area contributed by atoms with Gasteiger partial charge in [0.25, 0.3) is 5.91 Å². The fraction of sp³-hybridized carbons (Fsp3) is 0.632. The highest BCUT2D eigenvalue weighted by Gasteiger charge is 2.47. The lowest BCUT2D eigenvalue weighted by Crippen LogP contribution is -2.52. The topological polar surface area (TPSA) is 97.7 Å². The summed E-state index contributed by atoms with van der Waals surface area (Å²) < 4.78 is 35.7. The van der Waals surface area contributed by atoms with E-state index in [-0.39, 0.29) is 41.3 Å². The van der Waals surface area contributed by atoms with Gasteiger partial charge in [0.15, 0.2) is 0 Å².